The highest BCUT2D eigenvalue weighted by molar-refractivity contribution is 6.01. The van der Waals surface area contributed by atoms with Crippen LogP contribution in [0.25, 0.3) is 0 Å². The lowest BCUT2D eigenvalue weighted by atomic mass is 9.48. The molecule has 156 valence electrons. The number of allylic oxidation sites excluding steroid dienone is 7. The van der Waals surface area contributed by atoms with Crippen LogP contribution in [0.4, 0.5) is 0 Å². The van der Waals surface area contributed by atoms with Crippen molar-refractivity contribution in [2.24, 2.45) is 22.7 Å². The maximum atomic E-state index is 13.1. The number of Topliss-reactive ketones (excluding diaryl/α,β-unsaturated/α-hetero) is 2. The third-order valence-corrected chi connectivity index (χ3v) is 7.75. The predicted molar refractivity (Wildman–Crippen MR) is 113 cm³/mol. The maximum absolute atomic E-state index is 13.1. The first kappa shape index (κ1) is 21.5. The van der Waals surface area contributed by atoms with Gasteiger partial charge in [0.25, 0.3) is 0 Å². The molecule has 0 amide bonds. The Morgan fingerprint density at radius 3 is 2.48 bits per heavy atom. The van der Waals surface area contributed by atoms with Crippen molar-refractivity contribution in [3.8, 4) is 0 Å². The zero-order valence-corrected chi connectivity index (χ0v) is 18.0. The molecule has 4 heteroatoms. The summed E-state index contributed by atoms with van der Waals surface area (Å²) in [5, 5.41) is 8.71. The van der Waals surface area contributed by atoms with E-state index in [0.29, 0.717) is 36.9 Å². The Kier molecular flexibility index (Phi) is 5.84. The SMILES string of the molecule is CC(/C=C/C=C(C)/C=C/C(=O)O)=C1/C(=O)C[C@H]2[C@@]3(C)CCC(=O)C[C@@H]3CC[C@]12C. The van der Waals surface area contributed by atoms with Crippen LogP contribution < -0.4 is 0 Å². The normalized spacial score (nSPS) is 37.2. The van der Waals surface area contributed by atoms with Crippen LogP contribution in [0.3, 0.4) is 0 Å². The van der Waals surface area contributed by atoms with Gasteiger partial charge < -0.3 is 5.11 Å². The summed E-state index contributed by atoms with van der Waals surface area (Å²) in [6.07, 6.45) is 13.2. The Balaban J connectivity index is 1.88. The van der Waals surface area contributed by atoms with Crippen molar-refractivity contribution in [3.05, 3.63) is 47.1 Å². The van der Waals surface area contributed by atoms with Crippen molar-refractivity contribution in [1.29, 1.82) is 0 Å². The van der Waals surface area contributed by atoms with E-state index >= 15 is 0 Å². The van der Waals surface area contributed by atoms with Gasteiger partial charge in [-0.15, -0.1) is 0 Å². The van der Waals surface area contributed by atoms with Crippen molar-refractivity contribution in [2.75, 3.05) is 0 Å². The molecule has 1 N–H and O–H groups in total. The molecule has 0 heterocycles. The van der Waals surface area contributed by atoms with Crippen LogP contribution >= 0.6 is 0 Å². The summed E-state index contributed by atoms with van der Waals surface area (Å²) in [7, 11) is 0. The second kappa shape index (κ2) is 7.89. The highest BCUT2D eigenvalue weighted by atomic mass is 16.4. The van der Waals surface area contributed by atoms with Crippen molar-refractivity contribution < 1.29 is 19.5 Å². The number of carbonyl (C=O) groups is 3. The van der Waals surface area contributed by atoms with Gasteiger partial charge in [-0.2, -0.15) is 0 Å². The minimum atomic E-state index is -0.968. The number of carboxylic acid groups (broad SMARTS) is 1. The first-order valence-corrected chi connectivity index (χ1v) is 10.6. The first-order chi connectivity index (χ1) is 13.6. The van der Waals surface area contributed by atoms with Gasteiger partial charge in [0.2, 0.25) is 0 Å². The summed E-state index contributed by atoms with van der Waals surface area (Å²) in [5.41, 5.74) is 2.74. The fourth-order valence-electron chi connectivity index (χ4n) is 6.21. The van der Waals surface area contributed by atoms with E-state index in [0.717, 1.165) is 42.1 Å². The summed E-state index contributed by atoms with van der Waals surface area (Å²) >= 11 is 0. The molecule has 0 bridgehead atoms. The lowest BCUT2D eigenvalue weighted by molar-refractivity contribution is -0.132. The fourth-order valence-corrected chi connectivity index (χ4v) is 6.21. The van der Waals surface area contributed by atoms with E-state index in [1.54, 1.807) is 6.08 Å². The van der Waals surface area contributed by atoms with Crippen LogP contribution in [0, 0.1) is 22.7 Å². The van der Waals surface area contributed by atoms with Crippen molar-refractivity contribution >= 4 is 17.5 Å². The lowest BCUT2D eigenvalue weighted by Crippen LogP contribution is -2.49. The quantitative estimate of drug-likeness (QED) is 0.523. The molecule has 3 fully saturated rings. The fraction of sp³-hybridized carbons (Fsp3) is 0.560. The van der Waals surface area contributed by atoms with Crippen molar-refractivity contribution in [2.45, 2.75) is 66.2 Å². The molecule has 3 saturated carbocycles. The van der Waals surface area contributed by atoms with Crippen LogP contribution in [0.2, 0.25) is 0 Å². The topological polar surface area (TPSA) is 71.4 Å². The van der Waals surface area contributed by atoms with Crippen LogP contribution in [0.5, 0.6) is 0 Å². The smallest absolute Gasteiger partial charge is 0.328 e. The van der Waals surface area contributed by atoms with E-state index < -0.39 is 5.97 Å². The van der Waals surface area contributed by atoms with Crippen LogP contribution in [-0.2, 0) is 14.4 Å². The summed E-state index contributed by atoms with van der Waals surface area (Å²) in [6.45, 7) is 8.42. The molecule has 0 aromatic rings. The number of ketones is 2. The standard InChI is InChI=1S/C25H32O4/c1-16(8-9-22(28)29)6-5-7-17(2)23-20(27)15-21-24(3)13-11-19(26)14-18(24)10-12-25(21,23)4/h5-9,18,21H,10-15H2,1-4H3,(H,28,29)/b7-5+,9-8+,16-6+,23-17+/t18-,21-,24-,25-/m0/s1. The molecular formula is C25H32O4. The third kappa shape index (κ3) is 3.94. The summed E-state index contributed by atoms with van der Waals surface area (Å²) in [5.74, 6) is 0.392. The summed E-state index contributed by atoms with van der Waals surface area (Å²) in [4.78, 5) is 35.7. The molecular weight excluding hydrogens is 364 g/mol. The Labute approximate surface area is 173 Å². The number of rotatable bonds is 4. The lowest BCUT2D eigenvalue weighted by Gasteiger charge is -2.55. The third-order valence-electron chi connectivity index (χ3n) is 7.75. The second-order valence-electron chi connectivity index (χ2n) is 9.58. The average Bonchev–Trinajstić information content (AvgIpc) is 2.92. The zero-order valence-electron chi connectivity index (χ0n) is 18.0. The molecule has 4 atom stereocenters. The molecule has 0 unspecified atom stereocenters. The monoisotopic (exact) mass is 396 g/mol. The van der Waals surface area contributed by atoms with Gasteiger partial charge in [-0.05, 0) is 55.9 Å². The number of fused-ring (bicyclic) bond motifs is 3. The minimum absolute atomic E-state index is 0.0699. The molecule has 0 aromatic carbocycles. The van der Waals surface area contributed by atoms with Gasteiger partial charge in [-0.25, -0.2) is 4.79 Å². The Morgan fingerprint density at radius 2 is 1.79 bits per heavy atom. The molecule has 0 aromatic heterocycles. The second-order valence-corrected chi connectivity index (χ2v) is 9.58. The average molecular weight is 397 g/mol. The molecule has 3 rings (SSSR count). The van der Waals surface area contributed by atoms with Gasteiger partial charge in [-0.1, -0.05) is 43.7 Å². The Hall–Kier alpha value is -2.23. The molecule has 4 nitrogen and oxygen atoms in total. The van der Waals surface area contributed by atoms with Crippen molar-refractivity contribution in [3.63, 3.8) is 0 Å². The Bertz CT molecular complexity index is 856. The van der Waals surface area contributed by atoms with Crippen LogP contribution in [0.15, 0.2) is 47.1 Å². The largest absolute Gasteiger partial charge is 0.478 e. The first-order valence-electron chi connectivity index (χ1n) is 10.6. The summed E-state index contributed by atoms with van der Waals surface area (Å²) in [6, 6.07) is 0. The molecule has 3 aliphatic carbocycles. The zero-order chi connectivity index (χ0) is 21.4. The molecule has 0 radical (unpaired) electrons. The van der Waals surface area contributed by atoms with Gasteiger partial charge in [0.15, 0.2) is 5.78 Å². The van der Waals surface area contributed by atoms with Gasteiger partial charge in [0.1, 0.15) is 5.78 Å². The van der Waals surface area contributed by atoms with Gasteiger partial charge >= 0.3 is 5.97 Å². The van der Waals surface area contributed by atoms with E-state index in [1.807, 2.05) is 32.1 Å². The van der Waals surface area contributed by atoms with E-state index in [9.17, 15) is 14.4 Å². The number of hydrogen-bond acceptors (Lipinski definition) is 3. The number of hydrogen-bond donors (Lipinski definition) is 1. The van der Waals surface area contributed by atoms with E-state index in [1.165, 1.54) is 0 Å². The van der Waals surface area contributed by atoms with Gasteiger partial charge in [-0.3, -0.25) is 9.59 Å². The van der Waals surface area contributed by atoms with Gasteiger partial charge in [0, 0.05) is 36.3 Å². The maximum Gasteiger partial charge on any atom is 0.328 e. The van der Waals surface area contributed by atoms with Gasteiger partial charge in [0.05, 0.1) is 0 Å². The number of carbonyl (C=O) groups excluding carboxylic acids is 2. The predicted octanol–water partition coefficient (Wildman–Crippen LogP) is 5.21. The molecule has 0 spiro atoms. The van der Waals surface area contributed by atoms with Crippen LogP contribution in [-0.4, -0.2) is 22.6 Å². The number of carboxylic acids is 1. The highest BCUT2D eigenvalue weighted by Crippen LogP contribution is 2.65. The summed E-state index contributed by atoms with van der Waals surface area (Å²) < 4.78 is 0. The van der Waals surface area contributed by atoms with E-state index in [-0.39, 0.29) is 16.6 Å². The van der Waals surface area contributed by atoms with E-state index in [4.69, 9.17) is 5.11 Å². The minimum Gasteiger partial charge on any atom is -0.478 e. The van der Waals surface area contributed by atoms with Crippen LogP contribution in [0.1, 0.15) is 66.2 Å². The molecule has 3 aliphatic rings. The highest BCUT2D eigenvalue weighted by Gasteiger charge is 2.60. The van der Waals surface area contributed by atoms with Crippen molar-refractivity contribution in [1.82, 2.24) is 0 Å². The van der Waals surface area contributed by atoms with E-state index in [2.05, 4.69) is 13.8 Å². The molecule has 29 heavy (non-hydrogen) atoms. The molecule has 0 saturated heterocycles. The Morgan fingerprint density at radius 1 is 1.07 bits per heavy atom. The number of aliphatic carboxylic acids is 1. The molecule has 0 aliphatic heterocycles.